The number of hydrogen-bond acceptors (Lipinski definition) is 5. The zero-order valence-corrected chi connectivity index (χ0v) is 9.73. The van der Waals surface area contributed by atoms with E-state index in [4.69, 9.17) is 5.73 Å². The van der Waals surface area contributed by atoms with Crippen molar-refractivity contribution in [2.45, 2.75) is 19.9 Å². The zero-order valence-electron chi connectivity index (χ0n) is 9.73. The summed E-state index contributed by atoms with van der Waals surface area (Å²) < 4.78 is 1.79. The third-order valence-electron chi connectivity index (χ3n) is 2.38. The van der Waals surface area contributed by atoms with E-state index in [0.717, 1.165) is 22.5 Å². The van der Waals surface area contributed by atoms with E-state index in [2.05, 4.69) is 20.4 Å². The van der Waals surface area contributed by atoms with Gasteiger partial charge in [-0.25, -0.2) is 9.97 Å². The minimum absolute atomic E-state index is 0.0827. The molecule has 1 atom stereocenters. The van der Waals surface area contributed by atoms with Crippen LogP contribution >= 0.6 is 0 Å². The summed E-state index contributed by atoms with van der Waals surface area (Å²) in [5, 5.41) is 7.53. The molecule has 86 valence electrons. The highest BCUT2D eigenvalue weighted by Crippen LogP contribution is 2.20. The summed E-state index contributed by atoms with van der Waals surface area (Å²) in [6, 6.07) is 0.0827. The van der Waals surface area contributed by atoms with Gasteiger partial charge in [-0.1, -0.05) is 0 Å². The fraction of sp³-hybridized carbons (Fsp3) is 0.500. The summed E-state index contributed by atoms with van der Waals surface area (Å²) in [7, 11) is 1.88. The van der Waals surface area contributed by atoms with E-state index in [1.54, 1.807) is 11.0 Å². The number of anilines is 1. The first-order valence-electron chi connectivity index (χ1n) is 5.23. The topological polar surface area (TPSA) is 81.7 Å². The van der Waals surface area contributed by atoms with Crippen LogP contribution in [0.15, 0.2) is 6.33 Å². The van der Waals surface area contributed by atoms with Gasteiger partial charge < -0.3 is 11.1 Å². The van der Waals surface area contributed by atoms with Crippen molar-refractivity contribution in [3.63, 3.8) is 0 Å². The summed E-state index contributed by atoms with van der Waals surface area (Å²) in [5.41, 5.74) is 8.40. The number of fused-ring (bicyclic) bond motifs is 1. The quantitative estimate of drug-likeness (QED) is 0.784. The molecule has 2 aromatic rings. The molecule has 0 saturated carbocycles. The summed E-state index contributed by atoms with van der Waals surface area (Å²) in [6.07, 6.45) is 1.54. The molecular formula is C10H16N6. The molecule has 3 N–H and O–H groups in total. The van der Waals surface area contributed by atoms with E-state index in [0.29, 0.717) is 6.54 Å². The van der Waals surface area contributed by atoms with Crippen LogP contribution in [0.1, 0.15) is 12.6 Å². The molecule has 0 bridgehead atoms. The van der Waals surface area contributed by atoms with E-state index in [9.17, 15) is 0 Å². The Hall–Kier alpha value is -1.69. The van der Waals surface area contributed by atoms with Crippen LogP contribution in [0.3, 0.4) is 0 Å². The number of aryl methyl sites for hydroxylation is 2. The van der Waals surface area contributed by atoms with Crippen molar-refractivity contribution in [1.29, 1.82) is 0 Å². The average Bonchev–Trinajstić information content (AvgIpc) is 2.52. The van der Waals surface area contributed by atoms with Crippen LogP contribution < -0.4 is 11.1 Å². The molecular weight excluding hydrogens is 204 g/mol. The molecule has 6 nitrogen and oxygen atoms in total. The summed E-state index contributed by atoms with van der Waals surface area (Å²) in [4.78, 5) is 8.44. The lowest BCUT2D eigenvalue weighted by Crippen LogP contribution is -2.25. The highest BCUT2D eigenvalue weighted by Gasteiger charge is 2.11. The molecule has 0 fully saturated rings. The van der Waals surface area contributed by atoms with Crippen molar-refractivity contribution in [2.24, 2.45) is 12.8 Å². The van der Waals surface area contributed by atoms with Crippen LogP contribution in [0.5, 0.6) is 0 Å². The lowest BCUT2D eigenvalue weighted by Gasteiger charge is -2.09. The first kappa shape index (κ1) is 10.8. The van der Waals surface area contributed by atoms with E-state index in [-0.39, 0.29) is 6.04 Å². The molecule has 0 aliphatic carbocycles. The van der Waals surface area contributed by atoms with Gasteiger partial charge in [0.05, 0.1) is 5.69 Å². The van der Waals surface area contributed by atoms with Crippen LogP contribution in [0.4, 0.5) is 5.82 Å². The van der Waals surface area contributed by atoms with Crippen molar-refractivity contribution in [3.05, 3.63) is 12.0 Å². The Morgan fingerprint density at radius 2 is 2.25 bits per heavy atom. The fourth-order valence-electron chi connectivity index (χ4n) is 1.66. The number of nitrogens with one attached hydrogen (secondary N) is 1. The smallest absolute Gasteiger partial charge is 0.155 e. The molecule has 2 rings (SSSR count). The van der Waals surface area contributed by atoms with Gasteiger partial charge in [-0.3, -0.25) is 4.68 Å². The van der Waals surface area contributed by atoms with Gasteiger partial charge in [0.25, 0.3) is 0 Å². The largest absolute Gasteiger partial charge is 0.367 e. The third kappa shape index (κ3) is 1.83. The summed E-state index contributed by atoms with van der Waals surface area (Å²) >= 11 is 0. The Bertz CT molecular complexity index is 501. The fourth-order valence-corrected chi connectivity index (χ4v) is 1.66. The summed E-state index contributed by atoms with van der Waals surface area (Å²) in [5.74, 6) is 0.783. The Morgan fingerprint density at radius 1 is 1.50 bits per heavy atom. The Morgan fingerprint density at radius 3 is 2.94 bits per heavy atom. The maximum Gasteiger partial charge on any atom is 0.155 e. The molecule has 0 spiro atoms. The second-order valence-electron chi connectivity index (χ2n) is 3.99. The van der Waals surface area contributed by atoms with Gasteiger partial charge in [0.1, 0.15) is 17.4 Å². The second-order valence-corrected chi connectivity index (χ2v) is 3.99. The monoisotopic (exact) mass is 220 g/mol. The van der Waals surface area contributed by atoms with Gasteiger partial charge in [-0.15, -0.1) is 0 Å². The average molecular weight is 220 g/mol. The maximum absolute atomic E-state index is 5.70. The van der Waals surface area contributed by atoms with Crippen LogP contribution in [-0.2, 0) is 7.05 Å². The molecule has 0 saturated heterocycles. The third-order valence-corrected chi connectivity index (χ3v) is 2.38. The normalized spacial score (nSPS) is 13.0. The van der Waals surface area contributed by atoms with Crippen molar-refractivity contribution in [1.82, 2.24) is 19.7 Å². The predicted molar refractivity (Wildman–Crippen MR) is 63.2 cm³/mol. The molecule has 2 heterocycles. The Balaban J connectivity index is 2.45. The lowest BCUT2D eigenvalue weighted by molar-refractivity contribution is 0.768. The number of aromatic nitrogens is 4. The highest BCUT2D eigenvalue weighted by molar-refractivity contribution is 5.87. The minimum Gasteiger partial charge on any atom is -0.367 e. The van der Waals surface area contributed by atoms with Gasteiger partial charge in [0.2, 0.25) is 0 Å². The van der Waals surface area contributed by atoms with E-state index < -0.39 is 0 Å². The molecule has 1 unspecified atom stereocenters. The minimum atomic E-state index is 0.0827. The van der Waals surface area contributed by atoms with Crippen LogP contribution in [-0.4, -0.2) is 32.3 Å². The van der Waals surface area contributed by atoms with Gasteiger partial charge >= 0.3 is 0 Å². The van der Waals surface area contributed by atoms with Gasteiger partial charge in [0.15, 0.2) is 5.82 Å². The van der Waals surface area contributed by atoms with Crippen LogP contribution in [0.2, 0.25) is 0 Å². The molecule has 0 aliphatic rings. The van der Waals surface area contributed by atoms with Crippen LogP contribution in [0.25, 0.3) is 11.0 Å². The maximum atomic E-state index is 5.70. The van der Waals surface area contributed by atoms with E-state index in [1.807, 2.05) is 20.9 Å². The molecule has 0 aromatic carbocycles. The van der Waals surface area contributed by atoms with E-state index >= 15 is 0 Å². The van der Waals surface area contributed by atoms with Crippen molar-refractivity contribution >= 4 is 16.9 Å². The first-order valence-corrected chi connectivity index (χ1v) is 5.23. The van der Waals surface area contributed by atoms with Gasteiger partial charge in [0, 0.05) is 19.6 Å². The number of rotatable bonds is 3. The van der Waals surface area contributed by atoms with Gasteiger partial charge in [-0.2, -0.15) is 5.10 Å². The first-order chi connectivity index (χ1) is 7.59. The van der Waals surface area contributed by atoms with Crippen molar-refractivity contribution in [3.8, 4) is 0 Å². The predicted octanol–water partition coefficient (Wildman–Crippen LogP) is 0.431. The van der Waals surface area contributed by atoms with Gasteiger partial charge in [-0.05, 0) is 13.8 Å². The molecule has 0 radical (unpaired) electrons. The number of hydrogen-bond donors (Lipinski definition) is 2. The Kier molecular flexibility index (Phi) is 2.74. The molecule has 16 heavy (non-hydrogen) atoms. The lowest BCUT2D eigenvalue weighted by atomic mass is 10.3. The highest BCUT2D eigenvalue weighted by atomic mass is 15.3. The van der Waals surface area contributed by atoms with E-state index in [1.165, 1.54) is 0 Å². The SMILES string of the molecule is Cc1nn(C)c2c(NCC(C)N)ncnc12. The number of nitrogens with two attached hydrogens (primary N) is 1. The van der Waals surface area contributed by atoms with Crippen LogP contribution in [0, 0.1) is 6.92 Å². The van der Waals surface area contributed by atoms with Crippen molar-refractivity contribution in [2.75, 3.05) is 11.9 Å². The standard InChI is InChI=1S/C10H16N6/c1-6(11)4-12-10-9-8(13-5-14-10)7(2)15-16(9)3/h5-6H,4,11H2,1-3H3,(H,12,13,14). The second kappa shape index (κ2) is 4.05. The molecule has 6 heteroatoms. The van der Waals surface area contributed by atoms with Crippen molar-refractivity contribution < 1.29 is 0 Å². The summed E-state index contributed by atoms with van der Waals surface area (Å²) in [6.45, 7) is 4.56. The Labute approximate surface area is 93.9 Å². The zero-order chi connectivity index (χ0) is 11.7. The number of nitrogens with zero attached hydrogens (tertiary/aromatic N) is 4. The molecule has 0 amide bonds. The molecule has 2 aromatic heterocycles. The molecule has 0 aliphatic heterocycles.